The van der Waals surface area contributed by atoms with Crippen LogP contribution in [0.15, 0.2) is 58.3 Å². The molecule has 0 radical (unpaired) electrons. The van der Waals surface area contributed by atoms with E-state index in [4.69, 9.17) is 0 Å². The normalized spacial score (nSPS) is 14.3. The number of nitrogens with one attached hydrogen (secondary N) is 1. The molecule has 8 heteroatoms. The van der Waals surface area contributed by atoms with Crippen LogP contribution in [-0.2, 0) is 10.0 Å². The van der Waals surface area contributed by atoms with Crippen LogP contribution >= 0.6 is 11.8 Å². The van der Waals surface area contributed by atoms with Gasteiger partial charge in [0.15, 0.2) is 0 Å². The lowest BCUT2D eigenvalue weighted by atomic mass is 10.0. The molecule has 130 valence electrons. The predicted octanol–water partition coefficient (Wildman–Crippen LogP) is 1.92. The largest absolute Gasteiger partial charge is 0.395 e. The third kappa shape index (κ3) is 4.34. The lowest BCUT2D eigenvalue weighted by Gasteiger charge is -2.22. The minimum atomic E-state index is -4.22. The first-order valence-corrected chi connectivity index (χ1v) is 9.79. The van der Waals surface area contributed by atoms with Gasteiger partial charge in [0.05, 0.1) is 18.8 Å². The van der Waals surface area contributed by atoms with E-state index in [9.17, 15) is 23.0 Å². The van der Waals surface area contributed by atoms with Gasteiger partial charge in [-0.1, -0.05) is 24.3 Å². The summed E-state index contributed by atoms with van der Waals surface area (Å²) >= 11 is 1.53. The zero-order valence-electron chi connectivity index (χ0n) is 12.9. The van der Waals surface area contributed by atoms with Crippen molar-refractivity contribution in [2.75, 3.05) is 12.9 Å². The summed E-state index contributed by atoms with van der Waals surface area (Å²) in [6.07, 6.45) is 0.636. The van der Waals surface area contributed by atoms with Crippen molar-refractivity contribution >= 4 is 21.8 Å². The van der Waals surface area contributed by atoms with E-state index in [1.807, 2.05) is 6.26 Å². The maximum absolute atomic E-state index is 13.7. The summed E-state index contributed by atoms with van der Waals surface area (Å²) in [6, 6.07) is 10.6. The second-order valence-electron chi connectivity index (χ2n) is 5.06. The highest BCUT2D eigenvalue weighted by molar-refractivity contribution is 7.98. The molecule has 0 aromatic heterocycles. The second kappa shape index (κ2) is 8.09. The summed E-state index contributed by atoms with van der Waals surface area (Å²) < 4.78 is 40.4. The molecule has 0 heterocycles. The zero-order chi connectivity index (χ0) is 17.7. The first kappa shape index (κ1) is 18.9. The third-order valence-corrected chi connectivity index (χ3v) is 5.73. The van der Waals surface area contributed by atoms with Crippen LogP contribution < -0.4 is 4.72 Å². The van der Waals surface area contributed by atoms with Gasteiger partial charge in [-0.05, 0) is 36.1 Å². The minimum absolute atomic E-state index is 0.447. The van der Waals surface area contributed by atoms with Crippen molar-refractivity contribution < 1.29 is 23.0 Å². The summed E-state index contributed by atoms with van der Waals surface area (Å²) in [5, 5.41) is 19.8. The molecule has 2 aromatic carbocycles. The number of aliphatic hydroxyl groups excluding tert-OH is 2. The Morgan fingerprint density at radius 1 is 1.17 bits per heavy atom. The number of thioether (sulfide) groups is 1. The van der Waals surface area contributed by atoms with Crippen LogP contribution in [0.3, 0.4) is 0 Å². The first-order valence-electron chi connectivity index (χ1n) is 7.09. The Hall–Kier alpha value is -1.45. The van der Waals surface area contributed by atoms with Crippen LogP contribution in [-0.4, -0.2) is 37.5 Å². The van der Waals surface area contributed by atoms with E-state index in [0.717, 1.165) is 17.0 Å². The summed E-state index contributed by atoms with van der Waals surface area (Å²) in [4.78, 5) is 0.451. The smallest absolute Gasteiger partial charge is 0.243 e. The molecule has 24 heavy (non-hydrogen) atoms. The molecule has 0 amide bonds. The molecule has 2 atom stereocenters. The van der Waals surface area contributed by atoms with Gasteiger partial charge in [-0.25, -0.2) is 17.5 Å². The average Bonchev–Trinajstić information content (AvgIpc) is 2.59. The Balaban J connectivity index is 2.23. The van der Waals surface area contributed by atoms with Gasteiger partial charge in [-0.3, -0.25) is 0 Å². The van der Waals surface area contributed by atoms with Crippen LogP contribution in [0.2, 0.25) is 0 Å². The number of aliphatic hydroxyl groups is 2. The molecule has 0 saturated heterocycles. The van der Waals surface area contributed by atoms with E-state index in [2.05, 4.69) is 4.72 Å². The van der Waals surface area contributed by atoms with Gasteiger partial charge in [-0.15, -0.1) is 11.8 Å². The maximum atomic E-state index is 13.7. The molecular weight excluding hydrogens is 353 g/mol. The Morgan fingerprint density at radius 3 is 2.33 bits per heavy atom. The summed E-state index contributed by atoms with van der Waals surface area (Å²) in [6.45, 7) is -0.640. The van der Waals surface area contributed by atoms with E-state index in [1.165, 1.54) is 23.9 Å². The maximum Gasteiger partial charge on any atom is 0.243 e. The SMILES string of the molecule is CSc1ccc([C@@H](O)[C@H](CO)NS(=O)(=O)c2ccccc2F)cc1. The topological polar surface area (TPSA) is 86.6 Å². The van der Waals surface area contributed by atoms with Crippen LogP contribution in [0.5, 0.6) is 0 Å². The highest BCUT2D eigenvalue weighted by Gasteiger charge is 2.28. The highest BCUT2D eigenvalue weighted by atomic mass is 32.2. The van der Waals surface area contributed by atoms with E-state index >= 15 is 0 Å². The molecule has 0 aliphatic heterocycles. The highest BCUT2D eigenvalue weighted by Crippen LogP contribution is 2.23. The Kier molecular flexibility index (Phi) is 6.36. The van der Waals surface area contributed by atoms with Crippen LogP contribution in [0.1, 0.15) is 11.7 Å². The molecule has 2 rings (SSSR count). The first-order chi connectivity index (χ1) is 11.4. The Morgan fingerprint density at radius 2 is 1.79 bits per heavy atom. The molecule has 0 fully saturated rings. The molecule has 0 spiro atoms. The molecule has 2 aromatic rings. The summed E-state index contributed by atoms with van der Waals surface area (Å²) in [5.74, 6) is -0.902. The van der Waals surface area contributed by atoms with Crippen LogP contribution in [0.4, 0.5) is 4.39 Å². The van der Waals surface area contributed by atoms with Gasteiger partial charge in [-0.2, -0.15) is 0 Å². The molecule has 0 saturated carbocycles. The lowest BCUT2D eigenvalue weighted by Crippen LogP contribution is -2.42. The van der Waals surface area contributed by atoms with Gasteiger partial charge in [0.25, 0.3) is 0 Å². The van der Waals surface area contributed by atoms with E-state index < -0.39 is 39.5 Å². The van der Waals surface area contributed by atoms with Gasteiger partial charge in [0.2, 0.25) is 10.0 Å². The fraction of sp³-hybridized carbons (Fsp3) is 0.250. The van der Waals surface area contributed by atoms with Crippen molar-refractivity contribution in [3.63, 3.8) is 0 Å². The van der Waals surface area contributed by atoms with Gasteiger partial charge in [0.1, 0.15) is 10.7 Å². The fourth-order valence-corrected chi connectivity index (χ4v) is 3.88. The molecule has 3 N–H and O–H groups in total. The quantitative estimate of drug-likeness (QED) is 0.648. The van der Waals surface area contributed by atoms with E-state index in [1.54, 1.807) is 24.3 Å². The van der Waals surface area contributed by atoms with Gasteiger partial charge < -0.3 is 10.2 Å². The molecular formula is C16H18FNO4S2. The molecule has 0 aliphatic rings. The standard InChI is InChI=1S/C16H18FNO4S2/c1-23-12-8-6-11(7-9-12)16(20)14(10-19)18-24(21,22)15-5-3-2-4-13(15)17/h2-9,14,16,18-20H,10H2,1H3/t14-,16+/m0/s1. The number of rotatable bonds is 7. The number of sulfonamides is 1. The number of benzene rings is 2. The number of halogens is 1. The summed E-state index contributed by atoms with van der Waals surface area (Å²) in [5.41, 5.74) is 0.447. The molecule has 0 aliphatic carbocycles. The van der Waals surface area contributed by atoms with Crippen molar-refractivity contribution in [3.05, 3.63) is 59.9 Å². The average molecular weight is 371 g/mol. The monoisotopic (exact) mass is 371 g/mol. The lowest BCUT2D eigenvalue weighted by molar-refractivity contribution is 0.101. The van der Waals surface area contributed by atoms with E-state index in [-0.39, 0.29) is 0 Å². The van der Waals surface area contributed by atoms with Crippen molar-refractivity contribution in [1.82, 2.24) is 4.72 Å². The predicted molar refractivity (Wildman–Crippen MR) is 90.8 cm³/mol. The van der Waals surface area contributed by atoms with Crippen molar-refractivity contribution in [2.24, 2.45) is 0 Å². The Bertz CT molecular complexity index is 781. The minimum Gasteiger partial charge on any atom is -0.395 e. The number of hydrogen-bond donors (Lipinski definition) is 3. The second-order valence-corrected chi connectivity index (χ2v) is 7.62. The van der Waals surface area contributed by atoms with E-state index in [0.29, 0.717) is 5.56 Å². The van der Waals surface area contributed by atoms with Gasteiger partial charge >= 0.3 is 0 Å². The van der Waals surface area contributed by atoms with Crippen molar-refractivity contribution in [2.45, 2.75) is 21.9 Å². The molecule has 5 nitrogen and oxygen atoms in total. The fourth-order valence-electron chi connectivity index (χ4n) is 2.16. The summed E-state index contributed by atoms with van der Waals surface area (Å²) in [7, 11) is -4.22. The zero-order valence-corrected chi connectivity index (χ0v) is 14.5. The third-order valence-electron chi connectivity index (χ3n) is 3.47. The van der Waals surface area contributed by atoms with Crippen LogP contribution in [0, 0.1) is 5.82 Å². The van der Waals surface area contributed by atoms with Crippen molar-refractivity contribution in [3.8, 4) is 0 Å². The molecule has 0 bridgehead atoms. The van der Waals surface area contributed by atoms with Crippen molar-refractivity contribution in [1.29, 1.82) is 0 Å². The number of hydrogen-bond acceptors (Lipinski definition) is 5. The van der Waals surface area contributed by atoms with Gasteiger partial charge in [0, 0.05) is 4.90 Å². The molecule has 0 unspecified atom stereocenters. The Labute approximate surface area is 144 Å². The van der Waals surface area contributed by atoms with Crippen LogP contribution in [0.25, 0.3) is 0 Å².